The largest absolute Gasteiger partial charge is 0.379 e. The molecule has 154 valence electrons. The molecule has 1 aromatic heterocycles. The molecule has 2 saturated heterocycles. The van der Waals surface area contributed by atoms with Crippen LogP contribution in [-0.2, 0) is 4.74 Å². The first-order chi connectivity index (χ1) is 14.2. The number of rotatable bonds is 3. The first kappa shape index (κ1) is 19.6. The molecule has 2 fully saturated rings. The zero-order valence-corrected chi connectivity index (χ0v) is 16.8. The van der Waals surface area contributed by atoms with Gasteiger partial charge in [0.1, 0.15) is 0 Å². The van der Waals surface area contributed by atoms with Crippen molar-refractivity contribution in [2.75, 3.05) is 39.4 Å². The van der Waals surface area contributed by atoms with E-state index in [4.69, 9.17) is 4.74 Å². The summed E-state index contributed by atoms with van der Waals surface area (Å²) < 4.78 is 5.77. The summed E-state index contributed by atoms with van der Waals surface area (Å²) >= 11 is 0. The number of hydrogen-bond acceptors (Lipinski definition) is 4. The predicted molar refractivity (Wildman–Crippen MR) is 111 cm³/mol. The fourth-order valence-corrected chi connectivity index (χ4v) is 4.32. The number of benzene rings is 1. The number of carbonyl (C=O) groups is 2. The number of piperidine rings is 1. The highest BCUT2D eigenvalue weighted by molar-refractivity contribution is 5.98. The first-order valence-corrected chi connectivity index (χ1v) is 10.4. The van der Waals surface area contributed by atoms with Gasteiger partial charge >= 0.3 is 6.03 Å². The first-order valence-electron chi connectivity index (χ1n) is 10.4. The van der Waals surface area contributed by atoms with E-state index in [2.05, 4.69) is 10.3 Å². The summed E-state index contributed by atoms with van der Waals surface area (Å²) in [7, 11) is 0. The van der Waals surface area contributed by atoms with Crippen molar-refractivity contribution in [1.82, 2.24) is 20.1 Å². The third-order valence-corrected chi connectivity index (χ3v) is 5.83. The lowest BCUT2D eigenvalue weighted by Crippen LogP contribution is -2.56. The van der Waals surface area contributed by atoms with Gasteiger partial charge in [-0.05, 0) is 37.1 Å². The number of amides is 3. The van der Waals surface area contributed by atoms with E-state index in [1.165, 1.54) is 0 Å². The third-order valence-electron chi connectivity index (χ3n) is 5.83. The third kappa shape index (κ3) is 4.19. The van der Waals surface area contributed by atoms with E-state index in [0.717, 1.165) is 23.7 Å². The van der Waals surface area contributed by atoms with Crippen LogP contribution in [0.1, 0.15) is 30.1 Å². The van der Waals surface area contributed by atoms with E-state index in [1.54, 1.807) is 6.20 Å². The maximum Gasteiger partial charge on any atom is 0.317 e. The highest BCUT2D eigenvalue weighted by Crippen LogP contribution is 2.27. The maximum atomic E-state index is 13.1. The molecule has 0 bridgehead atoms. The fraction of sp³-hybridized carbons (Fsp3) is 0.500. The molecule has 1 N–H and O–H groups in total. The van der Waals surface area contributed by atoms with Crippen molar-refractivity contribution in [1.29, 1.82) is 0 Å². The highest BCUT2D eigenvalue weighted by Gasteiger charge is 2.38. The molecule has 29 heavy (non-hydrogen) atoms. The molecule has 0 unspecified atom stereocenters. The number of carbonyl (C=O) groups excluding carboxylic acids is 2. The van der Waals surface area contributed by atoms with Gasteiger partial charge in [-0.1, -0.05) is 13.0 Å². The molecule has 2 aliphatic heterocycles. The second kappa shape index (κ2) is 8.78. The van der Waals surface area contributed by atoms with Crippen molar-refractivity contribution >= 4 is 22.8 Å². The lowest BCUT2D eigenvalue weighted by molar-refractivity contribution is 0.0431. The Morgan fingerprint density at radius 3 is 3.03 bits per heavy atom. The van der Waals surface area contributed by atoms with Crippen molar-refractivity contribution in [2.24, 2.45) is 5.92 Å². The van der Waals surface area contributed by atoms with Gasteiger partial charge in [0, 0.05) is 55.3 Å². The number of likely N-dealkylation sites (tertiary alicyclic amines) is 1. The minimum atomic E-state index is -0.0193. The average molecular weight is 396 g/mol. The van der Waals surface area contributed by atoms with Crippen LogP contribution in [0.4, 0.5) is 4.79 Å². The molecule has 3 amide bonds. The number of ether oxygens (including phenoxy) is 1. The van der Waals surface area contributed by atoms with Crippen molar-refractivity contribution in [2.45, 2.75) is 25.8 Å². The zero-order valence-electron chi connectivity index (χ0n) is 16.8. The highest BCUT2D eigenvalue weighted by atomic mass is 16.5. The van der Waals surface area contributed by atoms with Gasteiger partial charge in [0.05, 0.1) is 18.7 Å². The molecule has 7 heteroatoms. The van der Waals surface area contributed by atoms with Crippen molar-refractivity contribution in [3.63, 3.8) is 0 Å². The number of aromatic nitrogens is 1. The number of fused-ring (bicyclic) bond motifs is 2. The molecule has 1 aromatic carbocycles. The standard InChI is InChI=1S/C22H28N4O3/c1-2-8-24-22(28)26-11-12-29-15-18-14-25(10-7-20(18)26)21(27)17-5-6-19-16(13-17)4-3-9-23-19/h3-6,9,13,18,20H,2,7-8,10-12,14-15H2,1H3,(H,24,28)/t18-,20-/m1/s1. The minimum absolute atomic E-state index is 0.0193. The monoisotopic (exact) mass is 396 g/mol. The zero-order chi connectivity index (χ0) is 20.2. The Balaban J connectivity index is 1.47. The summed E-state index contributed by atoms with van der Waals surface area (Å²) in [5.41, 5.74) is 1.56. The Morgan fingerprint density at radius 1 is 1.28 bits per heavy atom. The number of urea groups is 1. The van der Waals surface area contributed by atoms with Crippen LogP contribution in [0, 0.1) is 5.92 Å². The number of nitrogens with one attached hydrogen (secondary N) is 1. The van der Waals surface area contributed by atoms with Crippen LogP contribution in [0.3, 0.4) is 0 Å². The van der Waals surface area contributed by atoms with E-state index in [1.807, 2.05) is 47.1 Å². The summed E-state index contributed by atoms with van der Waals surface area (Å²) in [6, 6.07) is 9.58. The van der Waals surface area contributed by atoms with Crippen molar-refractivity contribution < 1.29 is 14.3 Å². The Morgan fingerprint density at radius 2 is 2.17 bits per heavy atom. The number of nitrogens with zero attached hydrogens (tertiary/aromatic N) is 3. The minimum Gasteiger partial charge on any atom is -0.379 e. The lowest BCUT2D eigenvalue weighted by atomic mass is 9.91. The van der Waals surface area contributed by atoms with Crippen LogP contribution in [0.2, 0.25) is 0 Å². The van der Waals surface area contributed by atoms with Gasteiger partial charge in [0.2, 0.25) is 0 Å². The van der Waals surface area contributed by atoms with Crippen LogP contribution in [0.5, 0.6) is 0 Å². The van der Waals surface area contributed by atoms with Gasteiger partial charge in [-0.3, -0.25) is 9.78 Å². The van der Waals surface area contributed by atoms with E-state index >= 15 is 0 Å². The molecule has 2 aliphatic rings. The van der Waals surface area contributed by atoms with E-state index in [-0.39, 0.29) is 23.9 Å². The van der Waals surface area contributed by atoms with Crippen LogP contribution in [0.15, 0.2) is 36.5 Å². The Labute approximate surface area is 171 Å². The molecular weight excluding hydrogens is 368 g/mol. The van der Waals surface area contributed by atoms with Gasteiger partial charge in [0.25, 0.3) is 5.91 Å². The van der Waals surface area contributed by atoms with Crippen LogP contribution < -0.4 is 5.32 Å². The molecule has 4 rings (SSSR count). The average Bonchev–Trinajstić information content (AvgIpc) is 2.98. The smallest absolute Gasteiger partial charge is 0.317 e. The van der Waals surface area contributed by atoms with E-state index < -0.39 is 0 Å². The molecule has 0 spiro atoms. The SMILES string of the molecule is CCCNC(=O)N1CCOC[C@H]2CN(C(=O)c3ccc4ncccc4c3)CC[C@H]21. The molecule has 2 aromatic rings. The molecule has 2 atom stereocenters. The normalized spacial score (nSPS) is 22.1. The molecule has 0 saturated carbocycles. The maximum absolute atomic E-state index is 13.1. The quantitative estimate of drug-likeness (QED) is 0.865. The summed E-state index contributed by atoms with van der Waals surface area (Å²) in [5, 5.41) is 3.95. The number of pyridine rings is 1. The van der Waals surface area contributed by atoms with Gasteiger partial charge in [-0.25, -0.2) is 4.79 Å². The van der Waals surface area contributed by atoms with Gasteiger partial charge in [-0.2, -0.15) is 0 Å². The topological polar surface area (TPSA) is 74.8 Å². The Kier molecular flexibility index (Phi) is 5.94. The molecule has 7 nitrogen and oxygen atoms in total. The summed E-state index contributed by atoms with van der Waals surface area (Å²) in [4.78, 5) is 33.9. The number of hydrogen-bond donors (Lipinski definition) is 1. The lowest BCUT2D eigenvalue weighted by Gasteiger charge is -2.42. The molecule has 0 radical (unpaired) electrons. The molecule has 0 aliphatic carbocycles. The second-order valence-electron chi connectivity index (χ2n) is 7.78. The molecule has 3 heterocycles. The van der Waals surface area contributed by atoms with Gasteiger partial charge in [0.15, 0.2) is 0 Å². The Hall–Kier alpha value is -2.67. The van der Waals surface area contributed by atoms with Gasteiger partial charge < -0.3 is 19.9 Å². The van der Waals surface area contributed by atoms with Gasteiger partial charge in [-0.15, -0.1) is 0 Å². The summed E-state index contributed by atoms with van der Waals surface area (Å²) in [6.45, 7) is 5.68. The van der Waals surface area contributed by atoms with Crippen molar-refractivity contribution in [3.8, 4) is 0 Å². The summed E-state index contributed by atoms with van der Waals surface area (Å²) in [6.07, 6.45) is 3.44. The van der Waals surface area contributed by atoms with Crippen LogP contribution in [-0.4, -0.2) is 72.2 Å². The van der Waals surface area contributed by atoms with Crippen LogP contribution in [0.25, 0.3) is 10.9 Å². The van der Waals surface area contributed by atoms with E-state index in [0.29, 0.717) is 45.0 Å². The molecular formula is C22H28N4O3. The van der Waals surface area contributed by atoms with Crippen LogP contribution >= 0.6 is 0 Å². The predicted octanol–water partition coefficient (Wildman–Crippen LogP) is 2.52. The van der Waals surface area contributed by atoms with E-state index in [9.17, 15) is 9.59 Å². The summed E-state index contributed by atoms with van der Waals surface area (Å²) in [5.74, 6) is 0.158. The fourth-order valence-electron chi connectivity index (χ4n) is 4.32. The van der Waals surface area contributed by atoms with Crippen molar-refractivity contribution in [3.05, 3.63) is 42.1 Å². The second-order valence-corrected chi connectivity index (χ2v) is 7.78. The Bertz CT molecular complexity index is 887.